The van der Waals surface area contributed by atoms with Crippen molar-refractivity contribution in [2.75, 3.05) is 18.4 Å². The van der Waals surface area contributed by atoms with E-state index in [2.05, 4.69) is 16.0 Å². The summed E-state index contributed by atoms with van der Waals surface area (Å²) in [4.78, 5) is 48.2. The van der Waals surface area contributed by atoms with Crippen LogP contribution in [-0.4, -0.2) is 47.3 Å². The molecule has 1 spiro atoms. The molecule has 5 amide bonds. The minimum absolute atomic E-state index is 0.150. The van der Waals surface area contributed by atoms with E-state index in [1.54, 1.807) is 29.2 Å². The molecule has 2 aliphatic heterocycles. The minimum Gasteiger partial charge on any atom is -0.336 e. The molecule has 1 unspecified atom stereocenters. The van der Waals surface area contributed by atoms with Gasteiger partial charge in [-0.25, -0.2) is 4.79 Å². The molecule has 0 aliphatic carbocycles. The van der Waals surface area contributed by atoms with E-state index in [1.165, 1.54) is 6.92 Å². The molecule has 0 aromatic heterocycles. The molecule has 1 atom stereocenters. The highest BCUT2D eigenvalue weighted by atomic mass is 16.2. The number of carbonyl (C=O) groups is 4. The molecule has 2 aliphatic rings. The second kappa shape index (κ2) is 5.38. The van der Waals surface area contributed by atoms with Gasteiger partial charge in [0.2, 0.25) is 5.91 Å². The first-order chi connectivity index (χ1) is 10.9. The van der Waals surface area contributed by atoms with Crippen molar-refractivity contribution < 1.29 is 19.2 Å². The van der Waals surface area contributed by atoms with Gasteiger partial charge in [-0.2, -0.15) is 0 Å². The third kappa shape index (κ3) is 2.75. The van der Waals surface area contributed by atoms with E-state index >= 15 is 0 Å². The van der Waals surface area contributed by atoms with Crippen molar-refractivity contribution in [2.24, 2.45) is 0 Å². The van der Waals surface area contributed by atoms with Gasteiger partial charge < -0.3 is 15.5 Å². The second-order valence-electron chi connectivity index (χ2n) is 5.73. The van der Waals surface area contributed by atoms with Crippen LogP contribution in [0.4, 0.5) is 10.5 Å². The number of nitrogens with zero attached hydrogens (tertiary/aromatic N) is 1. The summed E-state index contributed by atoms with van der Waals surface area (Å²) in [6, 6.07) is 6.00. The zero-order valence-corrected chi connectivity index (χ0v) is 12.5. The molecular weight excluding hydrogens is 300 g/mol. The summed E-state index contributed by atoms with van der Waals surface area (Å²) in [5.74, 6) is -0.794. The molecule has 2 fully saturated rings. The lowest BCUT2D eigenvalue weighted by molar-refractivity contribution is -0.123. The smallest absolute Gasteiger partial charge is 0.322 e. The zero-order valence-electron chi connectivity index (χ0n) is 12.5. The molecule has 1 aromatic rings. The lowest BCUT2D eigenvalue weighted by Crippen LogP contribution is -2.49. The summed E-state index contributed by atoms with van der Waals surface area (Å²) in [6.45, 7) is 1.94. The lowest BCUT2D eigenvalue weighted by Gasteiger charge is -2.21. The fourth-order valence-electron chi connectivity index (χ4n) is 2.88. The number of likely N-dealkylation sites (tertiary alicyclic amines) is 1. The van der Waals surface area contributed by atoms with Crippen molar-refractivity contribution in [3.63, 3.8) is 0 Å². The molecule has 120 valence electrons. The number of nitrogens with one attached hydrogen (secondary N) is 3. The van der Waals surface area contributed by atoms with Crippen LogP contribution in [0, 0.1) is 0 Å². The van der Waals surface area contributed by atoms with Crippen molar-refractivity contribution >= 4 is 29.4 Å². The molecule has 8 nitrogen and oxygen atoms in total. The Kier molecular flexibility index (Phi) is 3.51. The van der Waals surface area contributed by atoms with Crippen LogP contribution >= 0.6 is 0 Å². The Morgan fingerprint density at radius 1 is 1.22 bits per heavy atom. The molecule has 3 rings (SSSR count). The SMILES string of the molecule is CC(=O)Nc1ccc(C(=O)N2CCC3(C2)NC(=O)NC3=O)cc1. The Balaban J connectivity index is 1.71. The highest BCUT2D eigenvalue weighted by molar-refractivity contribution is 6.08. The Morgan fingerprint density at radius 3 is 2.48 bits per heavy atom. The number of urea groups is 1. The average molecular weight is 316 g/mol. The number of hydrogen-bond acceptors (Lipinski definition) is 4. The third-order valence-corrected chi connectivity index (χ3v) is 4.02. The Morgan fingerprint density at radius 2 is 1.91 bits per heavy atom. The molecule has 2 saturated heterocycles. The molecule has 8 heteroatoms. The van der Waals surface area contributed by atoms with Crippen LogP contribution in [0.2, 0.25) is 0 Å². The van der Waals surface area contributed by atoms with Crippen LogP contribution < -0.4 is 16.0 Å². The zero-order chi connectivity index (χ0) is 16.6. The summed E-state index contributed by atoms with van der Waals surface area (Å²) >= 11 is 0. The van der Waals surface area contributed by atoms with E-state index in [9.17, 15) is 19.2 Å². The highest BCUT2D eigenvalue weighted by Gasteiger charge is 2.51. The number of benzene rings is 1. The Bertz CT molecular complexity index is 700. The van der Waals surface area contributed by atoms with E-state index in [0.29, 0.717) is 24.2 Å². The van der Waals surface area contributed by atoms with Gasteiger partial charge in [-0.05, 0) is 30.7 Å². The van der Waals surface area contributed by atoms with Crippen molar-refractivity contribution in [3.05, 3.63) is 29.8 Å². The van der Waals surface area contributed by atoms with Crippen molar-refractivity contribution in [2.45, 2.75) is 18.9 Å². The maximum atomic E-state index is 12.5. The van der Waals surface area contributed by atoms with Gasteiger partial charge >= 0.3 is 6.03 Å². The maximum absolute atomic E-state index is 12.5. The highest BCUT2D eigenvalue weighted by Crippen LogP contribution is 2.26. The summed E-state index contributed by atoms with van der Waals surface area (Å²) < 4.78 is 0. The van der Waals surface area contributed by atoms with Gasteiger partial charge in [0.1, 0.15) is 5.54 Å². The fourth-order valence-corrected chi connectivity index (χ4v) is 2.88. The first kappa shape index (κ1) is 15.0. The normalized spacial score (nSPS) is 22.9. The summed E-state index contributed by atoms with van der Waals surface area (Å²) in [5.41, 5.74) is 0.0540. The Labute approximate surface area is 132 Å². The molecular formula is C15H16N4O4. The first-order valence-corrected chi connectivity index (χ1v) is 7.20. The quantitative estimate of drug-likeness (QED) is 0.671. The van der Waals surface area contributed by atoms with Crippen molar-refractivity contribution in [1.29, 1.82) is 0 Å². The van der Waals surface area contributed by atoms with E-state index in [1.807, 2.05) is 0 Å². The number of anilines is 1. The molecule has 0 bridgehead atoms. The van der Waals surface area contributed by atoms with Crippen LogP contribution in [0.15, 0.2) is 24.3 Å². The van der Waals surface area contributed by atoms with Crippen LogP contribution in [0.25, 0.3) is 0 Å². The van der Waals surface area contributed by atoms with E-state index in [0.717, 1.165) is 0 Å². The van der Waals surface area contributed by atoms with E-state index in [4.69, 9.17) is 0 Å². The van der Waals surface area contributed by atoms with Gasteiger partial charge in [0.05, 0.1) is 6.54 Å². The second-order valence-corrected chi connectivity index (χ2v) is 5.73. The molecule has 0 saturated carbocycles. The van der Waals surface area contributed by atoms with E-state index < -0.39 is 11.6 Å². The largest absolute Gasteiger partial charge is 0.336 e. The number of amides is 5. The summed E-state index contributed by atoms with van der Waals surface area (Å²) in [6.07, 6.45) is 0.389. The number of rotatable bonds is 2. The van der Waals surface area contributed by atoms with Gasteiger partial charge in [0, 0.05) is 24.7 Å². The summed E-state index contributed by atoms with van der Waals surface area (Å²) in [5, 5.41) is 7.44. The molecule has 23 heavy (non-hydrogen) atoms. The average Bonchev–Trinajstić information content (AvgIpc) is 3.03. The molecule has 2 heterocycles. The van der Waals surface area contributed by atoms with Gasteiger partial charge in [-0.3, -0.25) is 19.7 Å². The van der Waals surface area contributed by atoms with Crippen LogP contribution in [-0.2, 0) is 9.59 Å². The number of carbonyl (C=O) groups excluding carboxylic acids is 4. The van der Waals surface area contributed by atoms with Crippen molar-refractivity contribution in [1.82, 2.24) is 15.5 Å². The summed E-state index contributed by atoms with van der Waals surface area (Å²) in [7, 11) is 0. The lowest BCUT2D eigenvalue weighted by atomic mass is 9.99. The predicted molar refractivity (Wildman–Crippen MR) is 80.7 cm³/mol. The Hall–Kier alpha value is -2.90. The van der Waals surface area contributed by atoms with Gasteiger partial charge in [0.15, 0.2) is 0 Å². The number of imide groups is 1. The van der Waals surface area contributed by atoms with Gasteiger partial charge in [0.25, 0.3) is 11.8 Å². The number of hydrogen-bond donors (Lipinski definition) is 3. The maximum Gasteiger partial charge on any atom is 0.322 e. The standard InChI is InChI=1S/C15H16N4O4/c1-9(20)16-11-4-2-10(3-5-11)12(21)19-7-6-15(8-19)13(22)17-14(23)18-15/h2-5H,6-8H2,1H3,(H,16,20)(H2,17,18,22,23). The topological polar surface area (TPSA) is 108 Å². The molecule has 3 N–H and O–H groups in total. The minimum atomic E-state index is -1.01. The first-order valence-electron chi connectivity index (χ1n) is 7.20. The van der Waals surface area contributed by atoms with Crippen molar-refractivity contribution in [3.8, 4) is 0 Å². The molecule has 0 radical (unpaired) electrons. The predicted octanol–water partition coefficient (Wildman–Crippen LogP) is 0.0691. The monoisotopic (exact) mass is 316 g/mol. The molecule has 1 aromatic carbocycles. The third-order valence-electron chi connectivity index (χ3n) is 4.02. The van der Waals surface area contributed by atoms with Gasteiger partial charge in [-0.15, -0.1) is 0 Å². The fraction of sp³-hybridized carbons (Fsp3) is 0.333. The van der Waals surface area contributed by atoms with Crippen LogP contribution in [0.3, 0.4) is 0 Å². The van der Waals surface area contributed by atoms with Gasteiger partial charge in [-0.1, -0.05) is 0 Å². The van der Waals surface area contributed by atoms with Crippen LogP contribution in [0.1, 0.15) is 23.7 Å². The van der Waals surface area contributed by atoms with Crippen LogP contribution in [0.5, 0.6) is 0 Å². The van der Waals surface area contributed by atoms with E-state index in [-0.39, 0.29) is 24.3 Å².